The first-order chi connectivity index (χ1) is 11.6. The Hall–Kier alpha value is -2.41. The number of ether oxygens (including phenoxy) is 1. The number of hydrogen-bond acceptors (Lipinski definition) is 4. The van der Waals surface area contributed by atoms with Crippen molar-refractivity contribution < 1.29 is 14.3 Å². The molecular formula is C17H22N4O3. The number of nitrogens with one attached hydrogen (secondary N) is 1. The number of aromatic nitrogens is 2. The highest BCUT2D eigenvalue weighted by Gasteiger charge is 2.26. The summed E-state index contributed by atoms with van der Waals surface area (Å²) in [4.78, 5) is 31.4. The van der Waals surface area contributed by atoms with E-state index in [9.17, 15) is 9.59 Å². The normalized spacial score (nSPS) is 16.2. The molecule has 2 aromatic rings. The standard InChI is InChI=1S/C17H22N4O3/c1-3-12(2)18-16(22)15-19-14(13-6-4-5-7-21(13)15)17(23)20-8-10-24-11-9-20/h4-7,12H,3,8-11H2,1-2H3,(H,18,22). The summed E-state index contributed by atoms with van der Waals surface area (Å²) in [6.45, 7) is 6.07. The van der Waals surface area contributed by atoms with Crippen molar-refractivity contribution in [3.05, 3.63) is 35.9 Å². The molecule has 0 aliphatic carbocycles. The molecule has 3 heterocycles. The number of hydrogen-bond donors (Lipinski definition) is 1. The highest BCUT2D eigenvalue weighted by atomic mass is 16.5. The average molecular weight is 330 g/mol. The van der Waals surface area contributed by atoms with Crippen LogP contribution in [0, 0.1) is 0 Å². The van der Waals surface area contributed by atoms with Crippen molar-refractivity contribution in [3.63, 3.8) is 0 Å². The van der Waals surface area contributed by atoms with E-state index in [1.807, 2.05) is 26.0 Å². The van der Waals surface area contributed by atoms with Gasteiger partial charge < -0.3 is 15.0 Å². The van der Waals surface area contributed by atoms with Crippen LogP contribution < -0.4 is 5.32 Å². The average Bonchev–Trinajstić information content (AvgIpc) is 3.01. The molecule has 2 aromatic heterocycles. The lowest BCUT2D eigenvalue weighted by atomic mass is 10.2. The smallest absolute Gasteiger partial charge is 0.287 e. The van der Waals surface area contributed by atoms with Crippen LogP contribution in [0.1, 0.15) is 41.4 Å². The largest absolute Gasteiger partial charge is 0.378 e. The summed E-state index contributed by atoms with van der Waals surface area (Å²) >= 11 is 0. The number of amides is 2. The van der Waals surface area contributed by atoms with E-state index in [0.717, 1.165) is 6.42 Å². The lowest BCUT2D eigenvalue weighted by molar-refractivity contribution is 0.0300. The Balaban J connectivity index is 1.97. The van der Waals surface area contributed by atoms with E-state index in [-0.39, 0.29) is 23.7 Å². The Kier molecular flexibility index (Phi) is 4.80. The van der Waals surface area contributed by atoms with Gasteiger partial charge >= 0.3 is 0 Å². The van der Waals surface area contributed by atoms with E-state index in [4.69, 9.17) is 4.74 Å². The highest BCUT2D eigenvalue weighted by Crippen LogP contribution is 2.16. The fraction of sp³-hybridized carbons (Fsp3) is 0.471. The second-order valence-electron chi connectivity index (χ2n) is 5.93. The molecular weight excluding hydrogens is 308 g/mol. The number of imidazole rings is 1. The van der Waals surface area contributed by atoms with Crippen LogP contribution in [0.4, 0.5) is 0 Å². The van der Waals surface area contributed by atoms with Crippen molar-refractivity contribution in [3.8, 4) is 0 Å². The first kappa shape index (κ1) is 16.4. The van der Waals surface area contributed by atoms with Crippen molar-refractivity contribution in [2.24, 2.45) is 0 Å². The minimum atomic E-state index is -0.272. The molecule has 0 spiro atoms. The van der Waals surface area contributed by atoms with E-state index in [2.05, 4.69) is 10.3 Å². The predicted octanol–water partition coefficient (Wildman–Crippen LogP) is 1.33. The van der Waals surface area contributed by atoms with Crippen LogP contribution in [-0.2, 0) is 4.74 Å². The zero-order valence-electron chi connectivity index (χ0n) is 14.0. The fourth-order valence-electron chi connectivity index (χ4n) is 2.66. The molecule has 0 aromatic carbocycles. The molecule has 1 aliphatic rings. The van der Waals surface area contributed by atoms with Crippen LogP contribution in [0.5, 0.6) is 0 Å². The van der Waals surface area contributed by atoms with Gasteiger partial charge in [0, 0.05) is 25.3 Å². The highest BCUT2D eigenvalue weighted by molar-refractivity contribution is 6.02. The van der Waals surface area contributed by atoms with Gasteiger partial charge in [0.25, 0.3) is 11.8 Å². The molecule has 1 saturated heterocycles. The van der Waals surface area contributed by atoms with Gasteiger partial charge in [-0.25, -0.2) is 4.98 Å². The van der Waals surface area contributed by atoms with Gasteiger partial charge in [-0.05, 0) is 25.5 Å². The molecule has 0 radical (unpaired) electrons. The van der Waals surface area contributed by atoms with E-state index in [1.54, 1.807) is 21.6 Å². The number of fused-ring (bicyclic) bond motifs is 1. The molecule has 7 heteroatoms. The minimum absolute atomic E-state index is 0.0481. The molecule has 1 atom stereocenters. The van der Waals surface area contributed by atoms with Crippen LogP contribution >= 0.6 is 0 Å². The number of carbonyl (C=O) groups is 2. The van der Waals surface area contributed by atoms with E-state index in [0.29, 0.717) is 37.5 Å². The predicted molar refractivity (Wildman–Crippen MR) is 89.1 cm³/mol. The first-order valence-electron chi connectivity index (χ1n) is 8.26. The second-order valence-corrected chi connectivity index (χ2v) is 5.93. The van der Waals surface area contributed by atoms with Gasteiger partial charge in [-0.3, -0.25) is 14.0 Å². The van der Waals surface area contributed by atoms with Gasteiger partial charge in [0.15, 0.2) is 5.69 Å². The number of rotatable bonds is 4. The Bertz CT molecular complexity index is 749. The maximum atomic E-state index is 12.8. The zero-order valence-corrected chi connectivity index (χ0v) is 14.0. The fourth-order valence-corrected chi connectivity index (χ4v) is 2.66. The van der Waals surface area contributed by atoms with E-state index >= 15 is 0 Å². The molecule has 1 N–H and O–H groups in total. The number of pyridine rings is 1. The molecule has 3 rings (SSSR count). The molecule has 7 nitrogen and oxygen atoms in total. The Labute approximate surface area is 140 Å². The minimum Gasteiger partial charge on any atom is -0.378 e. The van der Waals surface area contributed by atoms with Crippen molar-refractivity contribution >= 4 is 17.3 Å². The third-order valence-corrected chi connectivity index (χ3v) is 4.24. The quantitative estimate of drug-likeness (QED) is 0.918. The summed E-state index contributed by atoms with van der Waals surface area (Å²) in [5.41, 5.74) is 0.954. The van der Waals surface area contributed by atoms with Crippen molar-refractivity contribution in [1.82, 2.24) is 19.6 Å². The van der Waals surface area contributed by atoms with Crippen molar-refractivity contribution in [2.45, 2.75) is 26.3 Å². The summed E-state index contributed by atoms with van der Waals surface area (Å²) in [5, 5.41) is 2.90. The van der Waals surface area contributed by atoms with Gasteiger partial charge in [0.2, 0.25) is 5.82 Å². The summed E-state index contributed by atoms with van der Waals surface area (Å²) < 4.78 is 6.96. The molecule has 1 fully saturated rings. The van der Waals surface area contributed by atoms with Gasteiger partial charge in [0.05, 0.1) is 18.7 Å². The van der Waals surface area contributed by atoms with Crippen LogP contribution in [-0.4, -0.2) is 58.4 Å². The third kappa shape index (κ3) is 3.12. The summed E-state index contributed by atoms with van der Waals surface area (Å²) in [6, 6.07) is 5.51. The molecule has 0 saturated carbocycles. The summed E-state index contributed by atoms with van der Waals surface area (Å²) in [6.07, 6.45) is 2.58. The van der Waals surface area contributed by atoms with Gasteiger partial charge in [-0.1, -0.05) is 13.0 Å². The lowest BCUT2D eigenvalue weighted by Gasteiger charge is -2.26. The summed E-state index contributed by atoms with van der Waals surface area (Å²) in [7, 11) is 0. The second kappa shape index (κ2) is 7.00. The SMILES string of the molecule is CCC(C)NC(=O)c1nc(C(=O)N2CCOCC2)c2ccccn12. The number of carbonyl (C=O) groups excluding carboxylic acids is 2. The van der Waals surface area contributed by atoms with Crippen LogP contribution in [0.15, 0.2) is 24.4 Å². The zero-order chi connectivity index (χ0) is 17.1. The maximum absolute atomic E-state index is 12.8. The Morgan fingerprint density at radius 3 is 2.79 bits per heavy atom. The third-order valence-electron chi connectivity index (χ3n) is 4.24. The Morgan fingerprint density at radius 2 is 2.08 bits per heavy atom. The van der Waals surface area contributed by atoms with Gasteiger partial charge in [-0.2, -0.15) is 0 Å². The van der Waals surface area contributed by atoms with Crippen molar-refractivity contribution in [2.75, 3.05) is 26.3 Å². The van der Waals surface area contributed by atoms with Crippen LogP contribution in [0.2, 0.25) is 0 Å². The van der Waals surface area contributed by atoms with Gasteiger partial charge in [-0.15, -0.1) is 0 Å². The van der Waals surface area contributed by atoms with Crippen LogP contribution in [0.25, 0.3) is 5.52 Å². The lowest BCUT2D eigenvalue weighted by Crippen LogP contribution is -2.41. The molecule has 2 amide bonds. The van der Waals surface area contributed by atoms with Crippen molar-refractivity contribution in [1.29, 1.82) is 0 Å². The van der Waals surface area contributed by atoms with Crippen LogP contribution in [0.3, 0.4) is 0 Å². The van der Waals surface area contributed by atoms with E-state index in [1.165, 1.54) is 0 Å². The Morgan fingerprint density at radius 1 is 1.33 bits per heavy atom. The van der Waals surface area contributed by atoms with E-state index < -0.39 is 0 Å². The number of morpholine rings is 1. The summed E-state index contributed by atoms with van der Waals surface area (Å²) in [5.74, 6) is -0.196. The topological polar surface area (TPSA) is 75.9 Å². The molecule has 128 valence electrons. The molecule has 1 unspecified atom stereocenters. The maximum Gasteiger partial charge on any atom is 0.287 e. The molecule has 1 aliphatic heterocycles. The van der Waals surface area contributed by atoms with Gasteiger partial charge in [0.1, 0.15) is 0 Å². The monoisotopic (exact) mass is 330 g/mol. The molecule has 0 bridgehead atoms. The number of nitrogens with zero attached hydrogens (tertiary/aromatic N) is 3. The first-order valence-corrected chi connectivity index (χ1v) is 8.26. The molecule has 24 heavy (non-hydrogen) atoms.